The predicted octanol–water partition coefficient (Wildman–Crippen LogP) is 1.74. The van der Waals surface area contributed by atoms with Crippen LogP contribution in [-0.4, -0.2) is 19.2 Å². The fourth-order valence-electron chi connectivity index (χ4n) is 1.70. The first-order valence-electron chi connectivity index (χ1n) is 5.54. The minimum atomic E-state index is 0.0398. The third-order valence-corrected chi connectivity index (χ3v) is 2.61. The largest absolute Gasteiger partial charge is 0.493 e. The Balaban J connectivity index is 2.25. The molecule has 0 saturated carbocycles. The van der Waals surface area contributed by atoms with Gasteiger partial charge in [0.05, 0.1) is 14.2 Å². The van der Waals surface area contributed by atoms with Crippen LogP contribution < -0.4 is 15.2 Å². The van der Waals surface area contributed by atoms with Crippen LogP contribution in [0.15, 0.2) is 22.6 Å². The van der Waals surface area contributed by atoms with Gasteiger partial charge in [0.2, 0.25) is 17.5 Å². The number of nitriles is 1. The highest BCUT2D eigenvalue weighted by Gasteiger charge is 2.11. The van der Waals surface area contributed by atoms with E-state index in [0.717, 1.165) is 5.56 Å². The monoisotopic (exact) mass is 259 g/mol. The van der Waals surface area contributed by atoms with Crippen LogP contribution in [0.5, 0.6) is 11.5 Å². The molecule has 1 aromatic carbocycles. The summed E-state index contributed by atoms with van der Waals surface area (Å²) in [5, 5.41) is 8.76. The van der Waals surface area contributed by atoms with E-state index in [1.165, 1.54) is 0 Å². The summed E-state index contributed by atoms with van der Waals surface area (Å²) in [6.07, 6.45) is 0.423. The van der Waals surface area contributed by atoms with E-state index in [1.807, 2.05) is 18.2 Å². The number of benzene rings is 1. The van der Waals surface area contributed by atoms with Gasteiger partial charge in [0.15, 0.2) is 11.5 Å². The molecule has 0 saturated heterocycles. The summed E-state index contributed by atoms with van der Waals surface area (Å²) in [6.45, 7) is 0. The van der Waals surface area contributed by atoms with E-state index >= 15 is 0 Å². The van der Waals surface area contributed by atoms with Crippen LogP contribution in [0.3, 0.4) is 0 Å². The number of ether oxygens (including phenoxy) is 2. The molecule has 0 aliphatic carbocycles. The van der Waals surface area contributed by atoms with Crippen molar-refractivity contribution < 1.29 is 13.9 Å². The Labute approximate surface area is 110 Å². The molecular formula is C13H13N3O3. The van der Waals surface area contributed by atoms with Crippen molar-refractivity contribution in [2.24, 2.45) is 0 Å². The van der Waals surface area contributed by atoms with Gasteiger partial charge in [-0.15, -0.1) is 0 Å². The van der Waals surface area contributed by atoms with Gasteiger partial charge in [-0.25, -0.2) is 4.98 Å². The molecule has 0 aliphatic rings. The molecule has 2 N–H and O–H groups in total. The smallest absolute Gasteiger partial charge is 0.229 e. The molecule has 98 valence electrons. The van der Waals surface area contributed by atoms with Crippen molar-refractivity contribution in [2.45, 2.75) is 6.42 Å². The van der Waals surface area contributed by atoms with E-state index in [2.05, 4.69) is 4.98 Å². The van der Waals surface area contributed by atoms with Crippen LogP contribution in [0.1, 0.15) is 17.1 Å². The average Bonchev–Trinajstić information content (AvgIpc) is 2.78. The molecule has 19 heavy (non-hydrogen) atoms. The van der Waals surface area contributed by atoms with Gasteiger partial charge in [-0.2, -0.15) is 5.26 Å². The van der Waals surface area contributed by atoms with Gasteiger partial charge in [0.25, 0.3) is 0 Å². The Kier molecular flexibility index (Phi) is 3.57. The first-order valence-corrected chi connectivity index (χ1v) is 5.54. The second kappa shape index (κ2) is 5.31. The van der Waals surface area contributed by atoms with Crippen LogP contribution in [0.4, 0.5) is 5.88 Å². The summed E-state index contributed by atoms with van der Waals surface area (Å²) >= 11 is 0. The average molecular weight is 259 g/mol. The van der Waals surface area contributed by atoms with E-state index in [9.17, 15) is 0 Å². The number of aromatic nitrogens is 1. The van der Waals surface area contributed by atoms with Crippen molar-refractivity contribution in [3.63, 3.8) is 0 Å². The topological polar surface area (TPSA) is 94.3 Å². The highest BCUT2D eigenvalue weighted by Crippen LogP contribution is 2.28. The molecule has 2 rings (SSSR count). The Morgan fingerprint density at radius 3 is 2.63 bits per heavy atom. The molecule has 0 atom stereocenters. The Bertz CT molecular complexity index is 629. The SMILES string of the molecule is COc1ccc(Cc2nc(C#N)c(N)o2)cc1OC. The number of nitrogens with two attached hydrogens (primary N) is 1. The molecule has 0 unspecified atom stereocenters. The number of methoxy groups -OCH3 is 2. The maximum atomic E-state index is 8.76. The predicted molar refractivity (Wildman–Crippen MR) is 68.0 cm³/mol. The maximum Gasteiger partial charge on any atom is 0.229 e. The maximum absolute atomic E-state index is 8.76. The zero-order valence-corrected chi connectivity index (χ0v) is 10.6. The summed E-state index contributed by atoms with van der Waals surface area (Å²) in [6, 6.07) is 7.36. The quantitative estimate of drug-likeness (QED) is 0.898. The minimum absolute atomic E-state index is 0.0398. The van der Waals surface area contributed by atoms with Gasteiger partial charge in [0.1, 0.15) is 6.07 Å². The number of nitrogen functional groups attached to an aromatic ring is 1. The van der Waals surface area contributed by atoms with Gasteiger partial charge >= 0.3 is 0 Å². The van der Waals surface area contributed by atoms with Crippen molar-refractivity contribution in [2.75, 3.05) is 20.0 Å². The van der Waals surface area contributed by atoms with Crippen LogP contribution in [-0.2, 0) is 6.42 Å². The molecule has 1 heterocycles. The lowest BCUT2D eigenvalue weighted by atomic mass is 10.1. The molecule has 0 aliphatic heterocycles. The van der Waals surface area contributed by atoms with Gasteiger partial charge in [-0.1, -0.05) is 6.07 Å². The standard InChI is InChI=1S/C13H13N3O3/c1-17-10-4-3-8(5-11(10)18-2)6-12-16-9(7-14)13(15)19-12/h3-5H,6,15H2,1-2H3. The number of anilines is 1. The molecule has 0 fully saturated rings. The molecule has 0 bridgehead atoms. The van der Waals surface area contributed by atoms with Crippen molar-refractivity contribution in [1.82, 2.24) is 4.98 Å². The zero-order valence-electron chi connectivity index (χ0n) is 10.6. The lowest BCUT2D eigenvalue weighted by molar-refractivity contribution is 0.354. The van der Waals surface area contributed by atoms with E-state index < -0.39 is 0 Å². The van der Waals surface area contributed by atoms with Gasteiger partial charge in [-0.05, 0) is 17.7 Å². The number of hydrogen-bond donors (Lipinski definition) is 1. The fourth-order valence-corrected chi connectivity index (χ4v) is 1.70. The third-order valence-electron chi connectivity index (χ3n) is 2.61. The molecule has 0 radical (unpaired) electrons. The fraction of sp³-hybridized carbons (Fsp3) is 0.231. The Morgan fingerprint density at radius 1 is 1.32 bits per heavy atom. The normalized spacial score (nSPS) is 9.95. The summed E-state index contributed by atoms with van der Waals surface area (Å²) in [7, 11) is 3.14. The molecule has 0 spiro atoms. The Hall–Kier alpha value is -2.68. The summed E-state index contributed by atoms with van der Waals surface area (Å²) in [4.78, 5) is 4.00. The lowest BCUT2D eigenvalue weighted by Crippen LogP contribution is -1.94. The van der Waals surface area contributed by atoms with Crippen molar-refractivity contribution in [3.8, 4) is 17.6 Å². The van der Waals surface area contributed by atoms with Crippen molar-refractivity contribution in [3.05, 3.63) is 35.3 Å². The first-order chi connectivity index (χ1) is 9.17. The van der Waals surface area contributed by atoms with Gasteiger partial charge in [0, 0.05) is 6.42 Å². The summed E-state index contributed by atoms with van der Waals surface area (Å²) in [5.41, 5.74) is 6.54. The molecular weight excluding hydrogens is 246 g/mol. The van der Waals surface area contributed by atoms with Crippen molar-refractivity contribution in [1.29, 1.82) is 5.26 Å². The molecule has 1 aromatic heterocycles. The van der Waals surface area contributed by atoms with Crippen molar-refractivity contribution >= 4 is 5.88 Å². The number of nitrogens with zero attached hydrogens (tertiary/aromatic N) is 2. The van der Waals surface area contributed by atoms with E-state index in [1.54, 1.807) is 20.3 Å². The van der Waals surface area contributed by atoms with Gasteiger partial charge < -0.3 is 19.6 Å². The number of rotatable bonds is 4. The summed E-state index contributed by atoms with van der Waals surface area (Å²) in [5.74, 6) is 1.70. The highest BCUT2D eigenvalue weighted by atomic mass is 16.5. The van der Waals surface area contributed by atoms with Crippen LogP contribution >= 0.6 is 0 Å². The van der Waals surface area contributed by atoms with Crippen LogP contribution in [0.25, 0.3) is 0 Å². The van der Waals surface area contributed by atoms with Crippen LogP contribution in [0.2, 0.25) is 0 Å². The number of oxazole rings is 1. The second-order valence-electron chi connectivity index (χ2n) is 3.80. The first kappa shape index (κ1) is 12.8. The second-order valence-corrected chi connectivity index (χ2v) is 3.80. The zero-order chi connectivity index (χ0) is 13.8. The molecule has 0 amide bonds. The molecule has 2 aromatic rings. The minimum Gasteiger partial charge on any atom is -0.493 e. The summed E-state index contributed by atoms with van der Waals surface area (Å²) < 4.78 is 15.6. The van der Waals surface area contributed by atoms with E-state index in [0.29, 0.717) is 23.8 Å². The van der Waals surface area contributed by atoms with E-state index in [4.69, 9.17) is 24.9 Å². The Morgan fingerprint density at radius 2 is 2.05 bits per heavy atom. The molecule has 6 heteroatoms. The number of hydrogen-bond acceptors (Lipinski definition) is 6. The van der Waals surface area contributed by atoms with E-state index in [-0.39, 0.29) is 11.6 Å². The molecule has 6 nitrogen and oxygen atoms in total. The van der Waals surface area contributed by atoms with Gasteiger partial charge in [-0.3, -0.25) is 0 Å². The third kappa shape index (κ3) is 2.60. The highest BCUT2D eigenvalue weighted by molar-refractivity contribution is 5.44. The van der Waals surface area contributed by atoms with Crippen LogP contribution in [0, 0.1) is 11.3 Å². The lowest BCUT2D eigenvalue weighted by Gasteiger charge is -2.08.